The highest BCUT2D eigenvalue weighted by Crippen LogP contribution is 2.15. The number of carbonyl (C=O) groups is 2. The molecule has 2 amide bonds. The number of aryl methyl sites for hydroxylation is 1. The lowest BCUT2D eigenvalue weighted by molar-refractivity contribution is -0.496. The molecule has 0 bridgehead atoms. The standard InChI is InChI=1S/C24H26N6O2/c1-15(2)28-24(32)22-6-4-5-21(30-22)23(31)27-14-17(12-25)13-26-19-9-10-20-18(11-19)8-7-16(3)29-20/h4-13,15,25-26H,14H2,1-3H3,(H,27,31)(H,28,32)/p+1/b17-13+,25-12?. The van der Waals surface area contributed by atoms with Gasteiger partial charge >= 0.3 is 0 Å². The second-order valence-electron chi connectivity index (χ2n) is 7.68. The van der Waals surface area contributed by atoms with Gasteiger partial charge in [0.25, 0.3) is 11.8 Å². The molecule has 3 rings (SSSR count). The molecular formula is C24H27N6O2+. The van der Waals surface area contributed by atoms with Crippen molar-refractivity contribution in [1.82, 2.24) is 20.6 Å². The summed E-state index contributed by atoms with van der Waals surface area (Å²) in [5.74, 6) is -0.742. The summed E-state index contributed by atoms with van der Waals surface area (Å²) < 4.78 is 0. The van der Waals surface area contributed by atoms with Gasteiger partial charge in [-0.2, -0.15) is 0 Å². The predicted octanol–water partition coefficient (Wildman–Crippen LogP) is 2.23. The van der Waals surface area contributed by atoms with Gasteiger partial charge in [-0.05, 0) is 45.0 Å². The average Bonchev–Trinajstić information content (AvgIpc) is 2.78. The van der Waals surface area contributed by atoms with E-state index in [9.17, 15) is 9.59 Å². The first kappa shape index (κ1) is 22.8. The smallest absolute Gasteiger partial charge is 0.270 e. The zero-order chi connectivity index (χ0) is 23.1. The molecule has 0 aliphatic rings. The van der Waals surface area contributed by atoms with Crippen molar-refractivity contribution in [2.75, 3.05) is 6.54 Å². The number of nitrogens with one attached hydrogen (secondary N) is 3. The second kappa shape index (κ2) is 10.4. The molecule has 0 aliphatic carbocycles. The van der Waals surface area contributed by atoms with Crippen LogP contribution in [0.5, 0.6) is 0 Å². The van der Waals surface area contributed by atoms with Crippen LogP contribution < -0.4 is 16.0 Å². The number of fused-ring (bicyclic) bond motifs is 1. The highest BCUT2D eigenvalue weighted by molar-refractivity contribution is 5.96. The van der Waals surface area contributed by atoms with Crippen molar-refractivity contribution >= 4 is 34.6 Å². The van der Waals surface area contributed by atoms with Gasteiger partial charge in [0, 0.05) is 47.6 Å². The minimum absolute atomic E-state index is 0.0266. The van der Waals surface area contributed by atoms with Crippen LogP contribution >= 0.6 is 0 Å². The number of hydrogen-bond acceptors (Lipinski definition) is 5. The molecule has 0 fully saturated rings. The van der Waals surface area contributed by atoms with E-state index >= 15 is 0 Å². The van der Waals surface area contributed by atoms with Crippen LogP contribution in [0, 0.1) is 12.3 Å². The number of rotatable bonds is 8. The highest BCUT2D eigenvalue weighted by Gasteiger charge is 2.13. The molecule has 2 aromatic heterocycles. The quantitative estimate of drug-likeness (QED) is 0.322. The zero-order valence-electron chi connectivity index (χ0n) is 18.3. The number of amides is 2. The maximum absolute atomic E-state index is 12.5. The Morgan fingerprint density at radius 1 is 1.06 bits per heavy atom. The molecule has 0 saturated heterocycles. The summed E-state index contributed by atoms with van der Waals surface area (Å²) in [5, 5.41) is 16.1. The molecule has 5 N–H and O–H groups in total. The Bertz CT molecular complexity index is 1190. The molecule has 3 aromatic rings. The average molecular weight is 432 g/mol. The number of benzene rings is 1. The van der Waals surface area contributed by atoms with Crippen molar-refractivity contribution in [1.29, 1.82) is 5.41 Å². The van der Waals surface area contributed by atoms with E-state index in [1.807, 2.05) is 56.4 Å². The van der Waals surface area contributed by atoms with Crippen molar-refractivity contribution in [3.8, 4) is 0 Å². The van der Waals surface area contributed by atoms with Crippen LogP contribution in [0.2, 0.25) is 0 Å². The largest absolute Gasteiger partial charge is 0.349 e. The lowest BCUT2D eigenvalue weighted by Gasteiger charge is -2.09. The van der Waals surface area contributed by atoms with E-state index in [2.05, 4.69) is 20.6 Å². The van der Waals surface area contributed by atoms with E-state index in [0.29, 0.717) is 5.57 Å². The van der Waals surface area contributed by atoms with Gasteiger partial charge in [-0.15, -0.1) is 0 Å². The normalized spacial score (nSPS) is 11.4. The van der Waals surface area contributed by atoms with Crippen LogP contribution in [0.4, 0.5) is 5.69 Å². The summed E-state index contributed by atoms with van der Waals surface area (Å²) in [6.07, 6.45) is 2.98. The molecule has 2 heterocycles. The molecule has 0 saturated carbocycles. The molecule has 0 aliphatic heterocycles. The summed E-state index contributed by atoms with van der Waals surface area (Å²) in [6.45, 7) is 5.83. The summed E-state index contributed by atoms with van der Waals surface area (Å²) in [6, 6.07) is 14.6. The maximum atomic E-state index is 12.5. The Morgan fingerprint density at radius 3 is 2.53 bits per heavy atom. The lowest BCUT2D eigenvalue weighted by atomic mass is 10.2. The summed E-state index contributed by atoms with van der Waals surface area (Å²) >= 11 is 0. The van der Waals surface area contributed by atoms with Crippen molar-refractivity contribution in [2.45, 2.75) is 26.8 Å². The fourth-order valence-electron chi connectivity index (χ4n) is 3.01. The van der Waals surface area contributed by atoms with Crippen molar-refractivity contribution in [3.05, 3.63) is 77.4 Å². The summed E-state index contributed by atoms with van der Waals surface area (Å²) in [5.41, 5.74) is 3.82. The van der Waals surface area contributed by atoms with Gasteiger partial charge in [0.05, 0.1) is 5.52 Å². The van der Waals surface area contributed by atoms with Gasteiger partial charge in [0.1, 0.15) is 23.3 Å². The van der Waals surface area contributed by atoms with Crippen LogP contribution in [-0.2, 0) is 0 Å². The third-order valence-corrected chi connectivity index (χ3v) is 4.61. The first-order valence-corrected chi connectivity index (χ1v) is 10.3. The molecule has 0 unspecified atom stereocenters. The van der Waals surface area contributed by atoms with E-state index in [-0.39, 0.29) is 29.9 Å². The van der Waals surface area contributed by atoms with E-state index in [1.54, 1.807) is 24.4 Å². The number of quaternary nitrogens is 1. The number of nitrogens with zero attached hydrogens (tertiary/aromatic N) is 2. The zero-order valence-corrected chi connectivity index (χ0v) is 18.3. The Kier molecular flexibility index (Phi) is 7.41. The number of nitrogens with two attached hydrogens (primary N) is 1. The van der Waals surface area contributed by atoms with Gasteiger partial charge in [-0.1, -0.05) is 12.1 Å². The van der Waals surface area contributed by atoms with Crippen molar-refractivity contribution in [3.63, 3.8) is 0 Å². The third kappa shape index (κ3) is 6.05. The van der Waals surface area contributed by atoms with E-state index in [1.165, 1.54) is 6.21 Å². The number of aromatic nitrogens is 2. The number of pyridine rings is 2. The second-order valence-corrected chi connectivity index (χ2v) is 7.68. The Balaban J connectivity index is 1.63. The SMILES string of the molecule is Cc1ccc2cc([NH2+]/C=C(\C=N)CNC(=O)c3cccc(C(=O)NC(C)C)n3)ccc2n1. The van der Waals surface area contributed by atoms with Gasteiger partial charge in [-0.25, -0.2) is 4.98 Å². The minimum atomic E-state index is -0.413. The van der Waals surface area contributed by atoms with E-state index < -0.39 is 5.91 Å². The first-order chi connectivity index (χ1) is 15.4. The molecule has 1 aromatic carbocycles. The fraction of sp³-hybridized carbons (Fsp3) is 0.208. The van der Waals surface area contributed by atoms with Crippen LogP contribution in [0.3, 0.4) is 0 Å². The monoisotopic (exact) mass is 431 g/mol. The molecule has 0 spiro atoms. The first-order valence-electron chi connectivity index (χ1n) is 10.3. The van der Waals surface area contributed by atoms with Crippen molar-refractivity contribution in [2.24, 2.45) is 0 Å². The third-order valence-electron chi connectivity index (χ3n) is 4.61. The summed E-state index contributed by atoms with van der Waals surface area (Å²) in [4.78, 5) is 33.2. The Hall–Kier alpha value is -3.91. The number of hydrogen-bond donors (Lipinski definition) is 4. The Labute approximate surface area is 186 Å². The highest BCUT2D eigenvalue weighted by atomic mass is 16.2. The molecule has 0 atom stereocenters. The van der Waals surface area contributed by atoms with Crippen molar-refractivity contribution < 1.29 is 14.9 Å². The van der Waals surface area contributed by atoms with Crippen LogP contribution in [0.1, 0.15) is 40.5 Å². The fourth-order valence-corrected chi connectivity index (χ4v) is 3.01. The minimum Gasteiger partial charge on any atom is -0.349 e. The van der Waals surface area contributed by atoms with Gasteiger partial charge < -0.3 is 16.0 Å². The van der Waals surface area contributed by atoms with Gasteiger partial charge in [0.2, 0.25) is 0 Å². The molecule has 8 heteroatoms. The Morgan fingerprint density at radius 2 is 1.81 bits per heavy atom. The van der Waals surface area contributed by atoms with E-state index in [0.717, 1.165) is 22.3 Å². The molecule has 164 valence electrons. The molecule has 0 radical (unpaired) electrons. The van der Waals surface area contributed by atoms with Gasteiger partial charge in [0.15, 0.2) is 0 Å². The van der Waals surface area contributed by atoms with Crippen LogP contribution in [-0.4, -0.2) is 40.6 Å². The molecule has 32 heavy (non-hydrogen) atoms. The summed E-state index contributed by atoms with van der Waals surface area (Å²) in [7, 11) is 0. The van der Waals surface area contributed by atoms with Crippen LogP contribution in [0.25, 0.3) is 10.9 Å². The lowest BCUT2D eigenvalue weighted by Crippen LogP contribution is -2.71. The topological polar surface area (TPSA) is 124 Å². The molecule has 8 nitrogen and oxygen atoms in total. The van der Waals surface area contributed by atoms with E-state index in [4.69, 9.17) is 5.41 Å². The predicted molar refractivity (Wildman–Crippen MR) is 124 cm³/mol. The maximum Gasteiger partial charge on any atom is 0.270 e. The van der Waals surface area contributed by atoms with Crippen LogP contribution in [0.15, 0.2) is 60.3 Å². The van der Waals surface area contributed by atoms with Gasteiger partial charge in [-0.3, -0.25) is 19.9 Å². The number of carbonyl (C=O) groups excluding carboxylic acids is 2. The molecular weight excluding hydrogens is 404 g/mol.